The molecule has 0 aliphatic heterocycles. The summed E-state index contributed by atoms with van der Waals surface area (Å²) in [6.45, 7) is 2.36. The molecule has 5 heteroatoms. The number of anilines is 1. The maximum Gasteiger partial charge on any atom is 0.224 e. The largest absolute Gasteiger partial charge is 0.493 e. The maximum absolute atomic E-state index is 12.8. The number of aryl methyl sites for hydroxylation is 1. The highest BCUT2D eigenvalue weighted by molar-refractivity contribution is 6.30. The quantitative estimate of drug-likeness (QED) is 0.790. The summed E-state index contributed by atoms with van der Waals surface area (Å²) < 4.78 is 18.4. The minimum Gasteiger partial charge on any atom is -0.493 e. The van der Waals surface area contributed by atoms with Crippen LogP contribution in [0.5, 0.6) is 5.75 Å². The first-order valence-corrected chi connectivity index (χ1v) is 7.37. The lowest BCUT2D eigenvalue weighted by Gasteiger charge is -2.09. The number of halogens is 2. The number of benzene rings is 2. The van der Waals surface area contributed by atoms with Crippen molar-refractivity contribution in [1.82, 2.24) is 0 Å². The van der Waals surface area contributed by atoms with Gasteiger partial charge in [0.05, 0.1) is 6.61 Å². The third-order valence-corrected chi connectivity index (χ3v) is 3.31. The Bertz CT molecular complexity index is 644. The number of hydrogen-bond donors (Lipinski definition) is 1. The van der Waals surface area contributed by atoms with Gasteiger partial charge in [0.15, 0.2) is 0 Å². The van der Waals surface area contributed by atoms with Crippen LogP contribution in [0.1, 0.15) is 18.4 Å². The van der Waals surface area contributed by atoms with Gasteiger partial charge in [0.1, 0.15) is 11.6 Å². The molecule has 2 aromatic rings. The van der Waals surface area contributed by atoms with Crippen LogP contribution >= 0.6 is 11.6 Å². The first-order chi connectivity index (χ1) is 10.5. The van der Waals surface area contributed by atoms with Crippen molar-refractivity contribution >= 4 is 23.2 Å². The fourth-order valence-corrected chi connectivity index (χ4v) is 2.17. The summed E-state index contributed by atoms with van der Waals surface area (Å²) in [6.07, 6.45) is 0.930. The van der Waals surface area contributed by atoms with Gasteiger partial charge in [-0.25, -0.2) is 4.39 Å². The van der Waals surface area contributed by atoms with Crippen molar-refractivity contribution in [2.45, 2.75) is 19.8 Å². The summed E-state index contributed by atoms with van der Waals surface area (Å²) >= 11 is 5.87. The SMILES string of the molecule is Cc1cc(Cl)ccc1OCCCC(=O)Nc1ccc(F)cc1. The molecule has 0 unspecified atom stereocenters. The fraction of sp³-hybridized carbons (Fsp3) is 0.235. The Kier molecular flexibility index (Phi) is 5.78. The normalized spacial score (nSPS) is 10.3. The first-order valence-electron chi connectivity index (χ1n) is 6.99. The van der Waals surface area contributed by atoms with Crippen molar-refractivity contribution in [3.63, 3.8) is 0 Å². The molecule has 1 N–H and O–H groups in total. The number of carbonyl (C=O) groups is 1. The van der Waals surface area contributed by atoms with E-state index >= 15 is 0 Å². The Morgan fingerprint density at radius 1 is 1.23 bits per heavy atom. The lowest BCUT2D eigenvalue weighted by molar-refractivity contribution is -0.116. The van der Waals surface area contributed by atoms with Gasteiger partial charge in [-0.15, -0.1) is 0 Å². The van der Waals surface area contributed by atoms with E-state index in [2.05, 4.69) is 5.32 Å². The van der Waals surface area contributed by atoms with E-state index in [-0.39, 0.29) is 11.7 Å². The molecule has 0 atom stereocenters. The van der Waals surface area contributed by atoms with Crippen LogP contribution in [0.2, 0.25) is 5.02 Å². The molecule has 22 heavy (non-hydrogen) atoms. The zero-order valence-corrected chi connectivity index (χ0v) is 13.0. The molecule has 0 fully saturated rings. The van der Waals surface area contributed by atoms with Gasteiger partial charge >= 0.3 is 0 Å². The van der Waals surface area contributed by atoms with Gasteiger partial charge in [-0.05, 0) is 61.4 Å². The van der Waals surface area contributed by atoms with Gasteiger partial charge in [0.2, 0.25) is 5.91 Å². The van der Waals surface area contributed by atoms with E-state index in [0.29, 0.717) is 30.2 Å². The van der Waals surface area contributed by atoms with E-state index in [4.69, 9.17) is 16.3 Å². The van der Waals surface area contributed by atoms with Gasteiger partial charge in [-0.2, -0.15) is 0 Å². The molecule has 0 heterocycles. The zero-order valence-electron chi connectivity index (χ0n) is 12.2. The summed E-state index contributed by atoms with van der Waals surface area (Å²) in [5.74, 6) is 0.316. The minimum absolute atomic E-state index is 0.122. The van der Waals surface area contributed by atoms with Crippen LogP contribution in [0.25, 0.3) is 0 Å². The van der Waals surface area contributed by atoms with Gasteiger partial charge in [-0.3, -0.25) is 4.79 Å². The van der Waals surface area contributed by atoms with Crippen molar-refractivity contribution < 1.29 is 13.9 Å². The highest BCUT2D eigenvalue weighted by atomic mass is 35.5. The number of rotatable bonds is 6. The molecule has 0 bridgehead atoms. The Labute approximate surface area is 134 Å². The summed E-state index contributed by atoms with van der Waals surface area (Å²) in [7, 11) is 0. The molecule has 2 aromatic carbocycles. The second-order valence-corrected chi connectivity index (χ2v) is 5.35. The number of ether oxygens (including phenoxy) is 1. The molecule has 116 valence electrons. The Morgan fingerprint density at radius 2 is 1.95 bits per heavy atom. The van der Waals surface area contributed by atoms with Crippen molar-refractivity contribution in [2.75, 3.05) is 11.9 Å². The molecule has 0 radical (unpaired) electrons. The lowest BCUT2D eigenvalue weighted by atomic mass is 10.2. The van der Waals surface area contributed by atoms with Crippen molar-refractivity contribution in [3.8, 4) is 5.75 Å². The van der Waals surface area contributed by atoms with Crippen LogP contribution in [0.3, 0.4) is 0 Å². The van der Waals surface area contributed by atoms with Gasteiger partial charge in [0, 0.05) is 17.1 Å². The molecule has 0 aromatic heterocycles. The monoisotopic (exact) mass is 321 g/mol. The van der Waals surface area contributed by atoms with Crippen molar-refractivity contribution in [2.24, 2.45) is 0 Å². The molecule has 0 spiro atoms. The van der Waals surface area contributed by atoms with E-state index in [0.717, 1.165) is 11.3 Å². The Balaban J connectivity index is 1.72. The van der Waals surface area contributed by atoms with Gasteiger partial charge < -0.3 is 10.1 Å². The Hall–Kier alpha value is -2.07. The number of carbonyl (C=O) groups excluding carboxylic acids is 1. The second-order valence-electron chi connectivity index (χ2n) is 4.92. The molecule has 2 rings (SSSR count). The highest BCUT2D eigenvalue weighted by Gasteiger charge is 2.04. The number of amides is 1. The molecular weight excluding hydrogens is 305 g/mol. The van der Waals surface area contributed by atoms with E-state index in [1.807, 2.05) is 19.1 Å². The van der Waals surface area contributed by atoms with Crippen LogP contribution in [0.4, 0.5) is 10.1 Å². The van der Waals surface area contributed by atoms with E-state index in [1.54, 1.807) is 6.07 Å². The molecule has 3 nitrogen and oxygen atoms in total. The molecule has 0 saturated carbocycles. The fourth-order valence-electron chi connectivity index (χ4n) is 1.95. The summed E-state index contributed by atoms with van der Waals surface area (Å²) in [5.41, 5.74) is 1.55. The topological polar surface area (TPSA) is 38.3 Å². The predicted molar refractivity (Wildman–Crippen MR) is 85.9 cm³/mol. The molecule has 1 amide bonds. The van der Waals surface area contributed by atoms with Crippen molar-refractivity contribution in [1.29, 1.82) is 0 Å². The molecular formula is C17H17ClFNO2. The molecule has 0 aliphatic carbocycles. The van der Waals surface area contributed by atoms with E-state index < -0.39 is 0 Å². The maximum atomic E-state index is 12.8. The van der Waals surface area contributed by atoms with E-state index in [9.17, 15) is 9.18 Å². The summed E-state index contributed by atoms with van der Waals surface area (Å²) in [4.78, 5) is 11.7. The average molecular weight is 322 g/mol. The standard InChI is InChI=1S/C17H17ClFNO2/c1-12-11-13(18)4-9-16(12)22-10-2-3-17(21)20-15-7-5-14(19)6-8-15/h4-9,11H,2-3,10H2,1H3,(H,20,21). The highest BCUT2D eigenvalue weighted by Crippen LogP contribution is 2.22. The van der Waals surface area contributed by atoms with E-state index in [1.165, 1.54) is 24.3 Å². The lowest BCUT2D eigenvalue weighted by Crippen LogP contribution is -2.12. The number of hydrogen-bond acceptors (Lipinski definition) is 2. The predicted octanol–water partition coefficient (Wildman–Crippen LogP) is 4.59. The van der Waals surface area contributed by atoms with Crippen LogP contribution in [0.15, 0.2) is 42.5 Å². The second kappa shape index (κ2) is 7.80. The van der Waals surface area contributed by atoms with Crippen LogP contribution in [0, 0.1) is 12.7 Å². The molecule has 0 saturated heterocycles. The van der Waals surface area contributed by atoms with Crippen LogP contribution in [-0.2, 0) is 4.79 Å². The summed E-state index contributed by atoms with van der Waals surface area (Å²) in [5, 5.41) is 3.38. The first kappa shape index (κ1) is 16.3. The van der Waals surface area contributed by atoms with Gasteiger partial charge in [0.25, 0.3) is 0 Å². The van der Waals surface area contributed by atoms with Crippen molar-refractivity contribution in [3.05, 3.63) is 58.9 Å². The smallest absolute Gasteiger partial charge is 0.224 e. The van der Waals surface area contributed by atoms with Crippen LogP contribution in [-0.4, -0.2) is 12.5 Å². The third-order valence-electron chi connectivity index (χ3n) is 3.07. The number of nitrogens with one attached hydrogen (secondary N) is 1. The van der Waals surface area contributed by atoms with Gasteiger partial charge in [-0.1, -0.05) is 11.6 Å². The zero-order chi connectivity index (χ0) is 15.9. The van der Waals surface area contributed by atoms with Crippen LogP contribution < -0.4 is 10.1 Å². The third kappa shape index (κ3) is 5.04. The Morgan fingerprint density at radius 3 is 2.64 bits per heavy atom. The molecule has 0 aliphatic rings. The minimum atomic E-state index is -0.329. The average Bonchev–Trinajstić information content (AvgIpc) is 2.48. The summed E-state index contributed by atoms with van der Waals surface area (Å²) in [6, 6.07) is 11.1.